The Hall–Kier alpha value is -0.0800. The Kier molecular flexibility index (Phi) is 78.3. The van der Waals surface area contributed by atoms with Crippen molar-refractivity contribution in [2.75, 3.05) is 34.4 Å². The van der Waals surface area contributed by atoms with Crippen LogP contribution in [0.2, 0.25) is 0 Å². The molecule has 0 aromatic heterocycles. The molecule has 21 heavy (non-hydrogen) atoms. The second-order valence-corrected chi connectivity index (χ2v) is 4.51. The molecule has 0 N–H and O–H groups in total. The Balaban J connectivity index is -0.0000000604. The molecule has 0 aromatic carbocycles. The molecule has 136 valence electrons. The molecule has 0 atom stereocenters. The van der Waals surface area contributed by atoms with Crippen molar-refractivity contribution in [2.45, 2.75) is 93.9 Å². The third-order valence-corrected chi connectivity index (χ3v) is 2.08. The lowest BCUT2D eigenvalue weighted by Crippen LogP contribution is -2.08. The molecular weight excluding hydrogens is 258 g/mol. The van der Waals surface area contributed by atoms with Crippen molar-refractivity contribution < 1.29 is 4.74 Å². The normalized spacial score (nSPS) is 8.00. The van der Waals surface area contributed by atoms with Crippen molar-refractivity contribution in [3.05, 3.63) is 0 Å². The summed E-state index contributed by atoms with van der Waals surface area (Å²) in [6, 6.07) is 0. The Bertz CT molecular complexity index is 89.6. The molecule has 0 saturated carbocycles. The number of unbranched alkanes of at least 4 members (excludes halogenated alkanes) is 4. The molecule has 2 heteroatoms. The van der Waals surface area contributed by atoms with Gasteiger partial charge in [0.1, 0.15) is 0 Å². The zero-order valence-corrected chi connectivity index (χ0v) is 17.5. The summed E-state index contributed by atoms with van der Waals surface area (Å²) in [5.41, 5.74) is 0. The van der Waals surface area contributed by atoms with Gasteiger partial charge in [0.05, 0.1) is 0 Å². The maximum Gasteiger partial charge on any atom is 0.0462 e. The fourth-order valence-electron chi connectivity index (χ4n) is 0.850. The maximum atomic E-state index is 4.92. The van der Waals surface area contributed by atoms with Crippen LogP contribution in [-0.4, -0.2) is 39.3 Å². The lowest BCUT2D eigenvalue weighted by molar-refractivity contribution is 0.192. The van der Waals surface area contributed by atoms with Crippen molar-refractivity contribution >= 4 is 0 Å². The van der Waals surface area contributed by atoms with Crippen LogP contribution in [-0.2, 0) is 4.74 Å². The number of hydrogen-bond acceptors (Lipinski definition) is 2. The van der Waals surface area contributed by atoms with E-state index in [-0.39, 0.29) is 0 Å². The lowest BCUT2D eigenvalue weighted by Gasteiger charge is -2.00. The van der Waals surface area contributed by atoms with Gasteiger partial charge < -0.3 is 9.64 Å². The first-order chi connectivity index (χ1) is 10.1. The van der Waals surface area contributed by atoms with Gasteiger partial charge in [0, 0.05) is 13.7 Å². The van der Waals surface area contributed by atoms with E-state index in [9.17, 15) is 0 Å². The third kappa shape index (κ3) is 102. The average molecular weight is 308 g/mol. The van der Waals surface area contributed by atoms with Crippen LogP contribution in [0.3, 0.4) is 0 Å². The summed E-state index contributed by atoms with van der Waals surface area (Å²) in [6.45, 7) is 18.7. The highest BCUT2D eigenvalue weighted by Crippen LogP contribution is 2.01. The van der Waals surface area contributed by atoms with Gasteiger partial charge in [0.2, 0.25) is 0 Å². The minimum absolute atomic E-state index is 0.934. The van der Waals surface area contributed by atoms with E-state index in [1.807, 2.05) is 27.7 Å². The third-order valence-electron chi connectivity index (χ3n) is 2.08. The van der Waals surface area contributed by atoms with E-state index in [2.05, 4.69) is 46.7 Å². The molecule has 0 spiro atoms. The van der Waals surface area contributed by atoms with E-state index in [4.69, 9.17) is 4.74 Å². The second kappa shape index (κ2) is 50.2. The Morgan fingerprint density at radius 3 is 1.29 bits per heavy atom. The van der Waals surface area contributed by atoms with Gasteiger partial charge in [-0.05, 0) is 27.1 Å². The molecule has 0 aliphatic carbocycles. The van der Waals surface area contributed by atoms with Gasteiger partial charge in [-0.1, -0.05) is 87.5 Å². The zero-order valence-electron chi connectivity index (χ0n) is 17.5. The summed E-state index contributed by atoms with van der Waals surface area (Å²) in [6.07, 6.45) is 7.90. The van der Waals surface area contributed by atoms with Crippen LogP contribution in [0.25, 0.3) is 0 Å². The predicted octanol–water partition coefficient (Wildman–Crippen LogP) is 6.64. The molecule has 2 nitrogen and oxygen atoms in total. The monoisotopic (exact) mass is 307 g/mol. The highest BCUT2D eigenvalue weighted by atomic mass is 16.5. The van der Waals surface area contributed by atoms with E-state index in [0.717, 1.165) is 13.2 Å². The topological polar surface area (TPSA) is 12.5 Å². The van der Waals surface area contributed by atoms with Crippen LogP contribution in [0.1, 0.15) is 93.9 Å². The Morgan fingerprint density at radius 2 is 1.05 bits per heavy atom. The van der Waals surface area contributed by atoms with Gasteiger partial charge in [-0.3, -0.25) is 0 Å². The number of rotatable bonds is 7. The minimum Gasteiger partial charge on any atom is -0.385 e. The summed E-state index contributed by atoms with van der Waals surface area (Å²) >= 11 is 0. The van der Waals surface area contributed by atoms with E-state index in [0.29, 0.717) is 0 Å². The van der Waals surface area contributed by atoms with Crippen molar-refractivity contribution in [3.63, 3.8) is 0 Å². The minimum atomic E-state index is 0.934. The van der Waals surface area contributed by atoms with Crippen molar-refractivity contribution in [1.82, 2.24) is 4.90 Å². The first-order valence-electron chi connectivity index (χ1n) is 9.24. The summed E-state index contributed by atoms with van der Waals surface area (Å²) < 4.78 is 4.92. The zero-order chi connectivity index (χ0) is 17.9. The standard InChI is InChI=1S/C8H18O.C4H11N.C3H8.2C2H6/c1-3-4-5-6-7-8-9-2;1-4-5(2)3;1-3-2;2*1-2/h3-8H2,1-2H3;4H2,1-3H3;3H2,1-2H3;2*1-2H3. The fraction of sp³-hybridized carbons (Fsp3) is 1.00. The predicted molar refractivity (Wildman–Crippen MR) is 104 cm³/mol. The van der Waals surface area contributed by atoms with Gasteiger partial charge in [-0.2, -0.15) is 0 Å². The first kappa shape index (κ1) is 32.8. The molecule has 0 rings (SSSR count). The molecular formula is C19H49NO. The summed E-state index contributed by atoms with van der Waals surface area (Å²) in [4.78, 5) is 2.12. The molecule has 0 aliphatic rings. The van der Waals surface area contributed by atoms with Gasteiger partial charge in [0.25, 0.3) is 0 Å². The van der Waals surface area contributed by atoms with Crippen LogP contribution in [0, 0.1) is 0 Å². The molecule has 0 aliphatic heterocycles. The number of nitrogens with zero attached hydrogens (tertiary/aromatic N) is 1. The van der Waals surface area contributed by atoms with Crippen LogP contribution in [0.5, 0.6) is 0 Å². The molecule has 0 radical (unpaired) electrons. The lowest BCUT2D eigenvalue weighted by atomic mass is 10.2. The summed E-state index contributed by atoms with van der Waals surface area (Å²) in [5, 5.41) is 0. The van der Waals surface area contributed by atoms with Crippen LogP contribution in [0.4, 0.5) is 0 Å². The SMILES string of the molecule is CC.CC.CCC.CCCCCCCOC.CCN(C)C. The van der Waals surface area contributed by atoms with Gasteiger partial charge in [-0.15, -0.1) is 0 Å². The van der Waals surface area contributed by atoms with E-state index in [1.165, 1.54) is 38.5 Å². The Morgan fingerprint density at radius 1 is 0.714 bits per heavy atom. The van der Waals surface area contributed by atoms with Crippen molar-refractivity contribution in [2.24, 2.45) is 0 Å². The van der Waals surface area contributed by atoms with Crippen molar-refractivity contribution in [3.8, 4) is 0 Å². The van der Waals surface area contributed by atoms with Crippen LogP contribution in [0.15, 0.2) is 0 Å². The molecule has 0 amide bonds. The van der Waals surface area contributed by atoms with Crippen molar-refractivity contribution in [1.29, 1.82) is 0 Å². The molecule has 0 unspecified atom stereocenters. The largest absolute Gasteiger partial charge is 0.385 e. The molecule has 0 saturated heterocycles. The van der Waals surface area contributed by atoms with Crippen LogP contribution < -0.4 is 0 Å². The molecule has 0 heterocycles. The van der Waals surface area contributed by atoms with E-state index < -0.39 is 0 Å². The van der Waals surface area contributed by atoms with Crippen LogP contribution >= 0.6 is 0 Å². The second-order valence-electron chi connectivity index (χ2n) is 4.51. The number of hydrogen-bond donors (Lipinski definition) is 0. The van der Waals surface area contributed by atoms with Gasteiger partial charge in [0.15, 0.2) is 0 Å². The van der Waals surface area contributed by atoms with Gasteiger partial charge >= 0.3 is 0 Å². The quantitative estimate of drug-likeness (QED) is 0.489. The highest BCUT2D eigenvalue weighted by molar-refractivity contribution is 4.40. The smallest absolute Gasteiger partial charge is 0.0462 e. The highest BCUT2D eigenvalue weighted by Gasteiger charge is 1.85. The van der Waals surface area contributed by atoms with E-state index in [1.54, 1.807) is 7.11 Å². The Labute approximate surface area is 138 Å². The first-order valence-corrected chi connectivity index (χ1v) is 9.24. The number of ether oxygens (including phenoxy) is 1. The average Bonchev–Trinajstić information content (AvgIpc) is 2.52. The number of methoxy groups -OCH3 is 1. The molecule has 0 aromatic rings. The fourth-order valence-corrected chi connectivity index (χ4v) is 0.850. The van der Waals surface area contributed by atoms with Gasteiger partial charge in [-0.25, -0.2) is 0 Å². The summed E-state index contributed by atoms with van der Waals surface area (Å²) in [5.74, 6) is 0. The summed E-state index contributed by atoms with van der Waals surface area (Å²) in [7, 11) is 5.87. The van der Waals surface area contributed by atoms with E-state index >= 15 is 0 Å². The maximum absolute atomic E-state index is 4.92. The molecule has 0 bridgehead atoms. The molecule has 0 fully saturated rings.